The molecule has 1 N–H and O–H groups in total. The summed E-state index contributed by atoms with van der Waals surface area (Å²) in [5.74, 6) is -0.684. The van der Waals surface area contributed by atoms with Gasteiger partial charge in [0.05, 0.1) is 0 Å². The molecule has 7 heteroatoms. The van der Waals surface area contributed by atoms with Crippen LogP contribution in [0.3, 0.4) is 0 Å². The van der Waals surface area contributed by atoms with E-state index in [-0.39, 0.29) is 12.5 Å². The van der Waals surface area contributed by atoms with Crippen molar-refractivity contribution in [2.75, 3.05) is 32.6 Å². The highest BCUT2D eigenvalue weighted by Crippen LogP contribution is 2.13. The molecule has 0 radical (unpaired) electrons. The van der Waals surface area contributed by atoms with Gasteiger partial charge in [-0.1, -0.05) is 19.1 Å². The minimum atomic E-state index is -0.637. The molecule has 0 aliphatic carbocycles. The predicted octanol–water partition coefficient (Wildman–Crippen LogP) is 2.51. The van der Waals surface area contributed by atoms with Crippen LogP contribution in [0, 0.1) is 0 Å². The maximum absolute atomic E-state index is 11.9. The lowest BCUT2D eigenvalue weighted by molar-refractivity contribution is -0.149. The van der Waals surface area contributed by atoms with Crippen molar-refractivity contribution in [2.24, 2.45) is 0 Å². The van der Waals surface area contributed by atoms with Crippen LogP contribution in [0.15, 0.2) is 48.5 Å². The summed E-state index contributed by atoms with van der Waals surface area (Å²) in [5, 5.41) is 2.60. The number of hydrogen-bond donors (Lipinski definition) is 1. The summed E-state index contributed by atoms with van der Waals surface area (Å²) in [5.41, 5.74) is 2.19. The van der Waals surface area contributed by atoms with Gasteiger partial charge in [-0.3, -0.25) is 9.59 Å². The molecule has 2 aromatic carbocycles. The maximum atomic E-state index is 11.9. The topological polar surface area (TPSA) is 84.9 Å². The summed E-state index contributed by atoms with van der Waals surface area (Å²) in [6, 6.07) is 13.9. The summed E-state index contributed by atoms with van der Waals surface area (Å²) in [7, 11) is 3.33. The number of benzene rings is 2. The first kappa shape index (κ1) is 21.0. The number of esters is 1. The molecule has 0 atom stereocenters. The van der Waals surface area contributed by atoms with Crippen molar-refractivity contribution >= 4 is 23.5 Å². The molecule has 2 rings (SSSR count). The van der Waals surface area contributed by atoms with E-state index < -0.39 is 18.5 Å². The number of anilines is 1. The van der Waals surface area contributed by atoms with E-state index in [1.54, 1.807) is 50.5 Å². The highest BCUT2D eigenvalue weighted by atomic mass is 16.6. The Labute approximate surface area is 164 Å². The lowest BCUT2D eigenvalue weighted by Gasteiger charge is -2.11. The SMILES string of the molecule is CCc1ccc(OCC(=O)OCC(=O)Nc2ccc(C(=O)N(C)C)cc2)cc1. The molecule has 0 heterocycles. The van der Waals surface area contributed by atoms with Gasteiger partial charge in [0.1, 0.15) is 5.75 Å². The number of nitrogens with zero attached hydrogens (tertiary/aromatic N) is 1. The van der Waals surface area contributed by atoms with Gasteiger partial charge in [0, 0.05) is 25.3 Å². The molecule has 0 aliphatic heterocycles. The molecule has 0 unspecified atom stereocenters. The van der Waals surface area contributed by atoms with Gasteiger partial charge >= 0.3 is 5.97 Å². The minimum Gasteiger partial charge on any atom is -0.482 e. The van der Waals surface area contributed by atoms with Crippen LogP contribution >= 0.6 is 0 Å². The molecular weight excluding hydrogens is 360 g/mol. The van der Waals surface area contributed by atoms with Crippen LogP contribution in [0.5, 0.6) is 5.75 Å². The minimum absolute atomic E-state index is 0.129. The number of ether oxygens (including phenoxy) is 2. The van der Waals surface area contributed by atoms with Crippen molar-refractivity contribution in [3.8, 4) is 5.75 Å². The van der Waals surface area contributed by atoms with Crippen LogP contribution in [0.2, 0.25) is 0 Å². The Morgan fingerprint density at radius 1 is 0.929 bits per heavy atom. The molecule has 2 amide bonds. The predicted molar refractivity (Wildman–Crippen MR) is 105 cm³/mol. The van der Waals surface area contributed by atoms with Crippen molar-refractivity contribution in [1.82, 2.24) is 4.90 Å². The van der Waals surface area contributed by atoms with Crippen molar-refractivity contribution in [2.45, 2.75) is 13.3 Å². The molecule has 0 aromatic heterocycles. The molecule has 0 fully saturated rings. The fraction of sp³-hybridized carbons (Fsp3) is 0.286. The van der Waals surface area contributed by atoms with Crippen molar-refractivity contribution < 1.29 is 23.9 Å². The third-order valence-electron chi connectivity index (χ3n) is 3.87. The Balaban J connectivity index is 1.73. The smallest absolute Gasteiger partial charge is 0.344 e. The van der Waals surface area contributed by atoms with Crippen LogP contribution < -0.4 is 10.1 Å². The van der Waals surface area contributed by atoms with Crippen LogP contribution in [0.25, 0.3) is 0 Å². The number of hydrogen-bond acceptors (Lipinski definition) is 5. The zero-order valence-electron chi connectivity index (χ0n) is 16.2. The van der Waals surface area contributed by atoms with Gasteiger partial charge in [0.25, 0.3) is 11.8 Å². The summed E-state index contributed by atoms with van der Waals surface area (Å²) < 4.78 is 10.2. The monoisotopic (exact) mass is 384 g/mol. The van der Waals surface area contributed by atoms with Crippen molar-refractivity contribution in [3.63, 3.8) is 0 Å². The van der Waals surface area contributed by atoms with Crippen LogP contribution in [0.1, 0.15) is 22.8 Å². The van der Waals surface area contributed by atoms with E-state index in [1.807, 2.05) is 12.1 Å². The normalized spacial score (nSPS) is 10.1. The number of carbonyl (C=O) groups is 3. The average molecular weight is 384 g/mol. The highest BCUT2D eigenvalue weighted by molar-refractivity contribution is 5.96. The Kier molecular flexibility index (Phi) is 7.56. The van der Waals surface area contributed by atoms with Crippen molar-refractivity contribution in [3.05, 3.63) is 59.7 Å². The number of carbonyl (C=O) groups excluding carboxylic acids is 3. The quantitative estimate of drug-likeness (QED) is 0.707. The van der Waals surface area contributed by atoms with E-state index >= 15 is 0 Å². The first-order valence-electron chi connectivity index (χ1n) is 8.88. The Hall–Kier alpha value is -3.35. The Morgan fingerprint density at radius 2 is 1.57 bits per heavy atom. The second kappa shape index (κ2) is 10.1. The molecule has 28 heavy (non-hydrogen) atoms. The summed E-state index contributed by atoms with van der Waals surface area (Å²) in [4.78, 5) is 36.9. The zero-order chi connectivity index (χ0) is 20.5. The van der Waals surface area contributed by atoms with Crippen LogP contribution in [-0.4, -0.2) is 50.0 Å². The third-order valence-corrected chi connectivity index (χ3v) is 3.87. The first-order chi connectivity index (χ1) is 13.4. The van der Waals surface area contributed by atoms with E-state index in [4.69, 9.17) is 9.47 Å². The van der Waals surface area contributed by atoms with Gasteiger partial charge in [-0.15, -0.1) is 0 Å². The van der Waals surface area contributed by atoms with Gasteiger partial charge < -0.3 is 19.7 Å². The molecular formula is C21H24N2O5. The molecule has 0 spiro atoms. The number of rotatable bonds is 8. The van der Waals surface area contributed by atoms with E-state index in [9.17, 15) is 14.4 Å². The van der Waals surface area contributed by atoms with Gasteiger partial charge in [0.15, 0.2) is 13.2 Å². The second-order valence-corrected chi connectivity index (χ2v) is 6.27. The van der Waals surface area contributed by atoms with Gasteiger partial charge in [-0.25, -0.2) is 4.79 Å². The van der Waals surface area contributed by atoms with Gasteiger partial charge in [-0.05, 0) is 48.4 Å². The van der Waals surface area contributed by atoms with Gasteiger partial charge in [-0.2, -0.15) is 0 Å². The number of nitrogens with one attached hydrogen (secondary N) is 1. The fourth-order valence-corrected chi connectivity index (χ4v) is 2.30. The molecule has 148 valence electrons. The van der Waals surface area contributed by atoms with E-state index in [1.165, 1.54) is 10.5 Å². The van der Waals surface area contributed by atoms with Crippen LogP contribution in [0.4, 0.5) is 5.69 Å². The van der Waals surface area contributed by atoms with Gasteiger partial charge in [0.2, 0.25) is 0 Å². The molecule has 0 saturated heterocycles. The zero-order valence-corrected chi connectivity index (χ0v) is 16.2. The molecule has 2 aromatic rings. The van der Waals surface area contributed by atoms with Crippen LogP contribution in [-0.2, 0) is 20.7 Å². The summed E-state index contributed by atoms with van der Waals surface area (Å²) in [6.07, 6.45) is 0.923. The fourth-order valence-electron chi connectivity index (χ4n) is 2.30. The lowest BCUT2D eigenvalue weighted by Crippen LogP contribution is -2.24. The second-order valence-electron chi connectivity index (χ2n) is 6.27. The number of amides is 2. The Bertz CT molecular complexity index is 814. The van der Waals surface area contributed by atoms with E-state index in [0.29, 0.717) is 17.0 Å². The maximum Gasteiger partial charge on any atom is 0.344 e. The largest absolute Gasteiger partial charge is 0.482 e. The first-order valence-corrected chi connectivity index (χ1v) is 8.88. The average Bonchev–Trinajstić information content (AvgIpc) is 2.71. The standard InChI is InChI=1S/C21H24N2O5/c1-4-15-5-11-18(12-6-15)27-14-20(25)28-13-19(24)22-17-9-7-16(8-10-17)21(26)23(2)3/h5-12H,4,13-14H2,1-3H3,(H,22,24). The number of aryl methyl sites for hydroxylation is 1. The molecule has 7 nitrogen and oxygen atoms in total. The molecule has 0 bridgehead atoms. The van der Waals surface area contributed by atoms with Crippen molar-refractivity contribution in [1.29, 1.82) is 0 Å². The van der Waals surface area contributed by atoms with E-state index in [2.05, 4.69) is 12.2 Å². The lowest BCUT2D eigenvalue weighted by atomic mass is 10.2. The van der Waals surface area contributed by atoms with E-state index in [0.717, 1.165) is 6.42 Å². The Morgan fingerprint density at radius 3 is 2.14 bits per heavy atom. The summed E-state index contributed by atoms with van der Waals surface area (Å²) >= 11 is 0. The summed E-state index contributed by atoms with van der Waals surface area (Å²) in [6.45, 7) is 1.35. The third kappa shape index (κ3) is 6.42. The molecule has 0 aliphatic rings. The molecule has 0 saturated carbocycles. The highest BCUT2D eigenvalue weighted by Gasteiger charge is 2.11.